The van der Waals surface area contributed by atoms with Crippen molar-refractivity contribution in [3.05, 3.63) is 34.9 Å². The maximum Gasteiger partial charge on any atom is 0.389 e. The van der Waals surface area contributed by atoms with Gasteiger partial charge < -0.3 is 0 Å². The third-order valence-corrected chi connectivity index (χ3v) is 2.56. The lowest BCUT2D eigenvalue weighted by Crippen LogP contribution is -2.29. The van der Waals surface area contributed by atoms with E-state index < -0.39 is 18.6 Å². The maximum atomic E-state index is 12.2. The van der Waals surface area contributed by atoms with E-state index in [4.69, 9.17) is 5.84 Å². The van der Waals surface area contributed by atoms with Crippen LogP contribution in [0.4, 0.5) is 13.2 Å². The molecule has 0 saturated heterocycles. The average Bonchev–Trinajstić information content (AvgIpc) is 2.15. The minimum absolute atomic E-state index is 0.0527. The molecule has 0 bridgehead atoms. The van der Waals surface area contributed by atoms with Crippen LogP contribution in [0.15, 0.2) is 18.2 Å². The molecule has 0 amide bonds. The van der Waals surface area contributed by atoms with Gasteiger partial charge in [0.2, 0.25) is 0 Å². The minimum atomic E-state index is -4.14. The van der Waals surface area contributed by atoms with E-state index in [2.05, 4.69) is 5.43 Å². The molecular formula is C12H17F3N2. The molecule has 0 saturated carbocycles. The fourth-order valence-corrected chi connectivity index (χ4v) is 1.87. The largest absolute Gasteiger partial charge is 0.389 e. The Hall–Kier alpha value is -1.07. The van der Waals surface area contributed by atoms with Crippen LogP contribution in [0.5, 0.6) is 0 Å². The Morgan fingerprint density at radius 3 is 2.12 bits per heavy atom. The number of nitrogens with two attached hydrogens (primary N) is 1. The first-order valence-corrected chi connectivity index (χ1v) is 5.43. The molecule has 0 aromatic heterocycles. The zero-order valence-corrected chi connectivity index (χ0v) is 9.93. The predicted molar refractivity (Wildman–Crippen MR) is 61.3 cm³/mol. The van der Waals surface area contributed by atoms with Crippen molar-refractivity contribution >= 4 is 0 Å². The van der Waals surface area contributed by atoms with Crippen LogP contribution in [0.25, 0.3) is 0 Å². The maximum absolute atomic E-state index is 12.2. The number of hydrogen-bond acceptors (Lipinski definition) is 2. The van der Waals surface area contributed by atoms with Crippen molar-refractivity contribution in [3.63, 3.8) is 0 Å². The Morgan fingerprint density at radius 2 is 1.71 bits per heavy atom. The smallest absolute Gasteiger partial charge is 0.271 e. The number of hydrogen-bond donors (Lipinski definition) is 2. The lowest BCUT2D eigenvalue weighted by Gasteiger charge is -2.18. The SMILES string of the molecule is Cc1cc(C)cc(C(CCC(F)(F)F)NN)c1. The molecule has 0 heterocycles. The van der Waals surface area contributed by atoms with Gasteiger partial charge in [0.25, 0.3) is 0 Å². The normalized spacial score (nSPS) is 13.8. The van der Waals surface area contributed by atoms with E-state index in [1.54, 1.807) is 0 Å². The number of hydrazine groups is 1. The second-order valence-electron chi connectivity index (χ2n) is 4.29. The van der Waals surface area contributed by atoms with Gasteiger partial charge in [-0.2, -0.15) is 13.2 Å². The fourth-order valence-electron chi connectivity index (χ4n) is 1.87. The van der Waals surface area contributed by atoms with Gasteiger partial charge in [-0.15, -0.1) is 0 Å². The molecule has 0 fully saturated rings. The average molecular weight is 246 g/mol. The van der Waals surface area contributed by atoms with Crippen molar-refractivity contribution in [2.45, 2.75) is 38.9 Å². The Balaban J connectivity index is 2.79. The molecule has 0 radical (unpaired) electrons. The van der Waals surface area contributed by atoms with Crippen molar-refractivity contribution in [3.8, 4) is 0 Å². The van der Waals surface area contributed by atoms with Gasteiger partial charge in [-0.1, -0.05) is 29.3 Å². The Kier molecular flexibility index (Phi) is 4.54. The molecule has 0 aliphatic carbocycles. The second-order valence-corrected chi connectivity index (χ2v) is 4.29. The van der Waals surface area contributed by atoms with Gasteiger partial charge in [-0.25, -0.2) is 0 Å². The van der Waals surface area contributed by atoms with E-state index in [1.807, 2.05) is 32.0 Å². The number of rotatable bonds is 4. The summed E-state index contributed by atoms with van der Waals surface area (Å²) >= 11 is 0. The summed E-state index contributed by atoms with van der Waals surface area (Å²) in [6, 6.07) is 5.22. The van der Waals surface area contributed by atoms with E-state index in [9.17, 15) is 13.2 Å². The molecule has 96 valence electrons. The highest BCUT2D eigenvalue weighted by Gasteiger charge is 2.28. The second kappa shape index (κ2) is 5.51. The summed E-state index contributed by atoms with van der Waals surface area (Å²) in [5.74, 6) is 5.32. The number of halogens is 3. The molecule has 0 aliphatic heterocycles. The van der Waals surface area contributed by atoms with Crippen molar-refractivity contribution < 1.29 is 13.2 Å². The van der Waals surface area contributed by atoms with Crippen molar-refractivity contribution in [1.29, 1.82) is 0 Å². The van der Waals surface area contributed by atoms with Crippen LogP contribution in [-0.4, -0.2) is 6.18 Å². The van der Waals surface area contributed by atoms with E-state index >= 15 is 0 Å². The summed E-state index contributed by atoms with van der Waals surface area (Å²) < 4.78 is 36.5. The lowest BCUT2D eigenvalue weighted by molar-refractivity contribution is -0.136. The van der Waals surface area contributed by atoms with Crippen LogP contribution >= 0.6 is 0 Å². The van der Waals surface area contributed by atoms with Crippen molar-refractivity contribution in [2.75, 3.05) is 0 Å². The molecule has 1 rings (SSSR count). The molecular weight excluding hydrogens is 229 g/mol. The molecule has 1 aromatic rings. The Bertz CT molecular complexity index is 354. The molecule has 1 aromatic carbocycles. The zero-order valence-electron chi connectivity index (χ0n) is 9.93. The first-order valence-electron chi connectivity index (χ1n) is 5.43. The summed E-state index contributed by atoms with van der Waals surface area (Å²) in [6.45, 7) is 3.82. The van der Waals surface area contributed by atoms with E-state index in [0.29, 0.717) is 0 Å². The molecule has 17 heavy (non-hydrogen) atoms. The highest BCUT2D eigenvalue weighted by Crippen LogP contribution is 2.27. The molecule has 5 heteroatoms. The highest BCUT2D eigenvalue weighted by atomic mass is 19.4. The minimum Gasteiger partial charge on any atom is -0.271 e. The first-order chi connectivity index (χ1) is 7.81. The molecule has 0 aliphatic rings. The van der Waals surface area contributed by atoms with Crippen LogP contribution in [0.1, 0.15) is 35.6 Å². The van der Waals surface area contributed by atoms with Gasteiger partial charge in [-0.3, -0.25) is 11.3 Å². The number of benzene rings is 1. The first kappa shape index (κ1) is 14.0. The monoisotopic (exact) mass is 246 g/mol. The zero-order chi connectivity index (χ0) is 13.1. The van der Waals surface area contributed by atoms with E-state index in [1.165, 1.54) is 0 Å². The summed E-state index contributed by atoms with van der Waals surface area (Å²) in [4.78, 5) is 0. The standard InChI is InChI=1S/C12H17F3N2/c1-8-5-9(2)7-10(6-8)11(17-16)3-4-12(13,14)15/h5-7,11,17H,3-4,16H2,1-2H3. The van der Waals surface area contributed by atoms with Crippen LogP contribution in [0.3, 0.4) is 0 Å². The van der Waals surface area contributed by atoms with Gasteiger partial charge in [0.15, 0.2) is 0 Å². The molecule has 1 atom stereocenters. The number of aryl methyl sites for hydroxylation is 2. The lowest BCUT2D eigenvalue weighted by atomic mass is 9.98. The van der Waals surface area contributed by atoms with Crippen molar-refractivity contribution in [2.24, 2.45) is 5.84 Å². The summed E-state index contributed by atoms with van der Waals surface area (Å²) in [6.07, 6.45) is -5.04. The van der Waals surface area contributed by atoms with E-state index in [0.717, 1.165) is 16.7 Å². The number of nitrogens with one attached hydrogen (secondary N) is 1. The van der Waals surface area contributed by atoms with Crippen LogP contribution in [0.2, 0.25) is 0 Å². The van der Waals surface area contributed by atoms with Crippen molar-refractivity contribution in [1.82, 2.24) is 5.43 Å². The van der Waals surface area contributed by atoms with Gasteiger partial charge in [-0.05, 0) is 25.8 Å². The van der Waals surface area contributed by atoms with Gasteiger partial charge >= 0.3 is 6.18 Å². The molecule has 0 spiro atoms. The quantitative estimate of drug-likeness (QED) is 0.632. The fraction of sp³-hybridized carbons (Fsp3) is 0.500. The summed E-state index contributed by atoms with van der Waals surface area (Å²) in [5, 5.41) is 0. The van der Waals surface area contributed by atoms with Gasteiger partial charge in [0, 0.05) is 12.5 Å². The highest BCUT2D eigenvalue weighted by molar-refractivity contribution is 5.30. The van der Waals surface area contributed by atoms with Crippen LogP contribution in [0, 0.1) is 13.8 Å². The van der Waals surface area contributed by atoms with Gasteiger partial charge in [0.1, 0.15) is 0 Å². The topological polar surface area (TPSA) is 38.0 Å². The van der Waals surface area contributed by atoms with Crippen LogP contribution in [-0.2, 0) is 0 Å². The van der Waals surface area contributed by atoms with Gasteiger partial charge in [0.05, 0.1) is 0 Å². The molecule has 2 nitrogen and oxygen atoms in total. The third kappa shape index (κ3) is 4.75. The number of alkyl halides is 3. The molecule has 3 N–H and O–H groups in total. The van der Waals surface area contributed by atoms with E-state index in [-0.39, 0.29) is 6.42 Å². The predicted octanol–water partition coefficient (Wildman–Crippen LogP) is 3.15. The van der Waals surface area contributed by atoms with Crippen LogP contribution < -0.4 is 11.3 Å². The summed E-state index contributed by atoms with van der Waals surface area (Å²) in [5.41, 5.74) is 5.29. The Labute approximate surface area is 99.0 Å². The molecule has 1 unspecified atom stereocenters. The Morgan fingerprint density at radius 1 is 1.18 bits per heavy atom. The third-order valence-electron chi connectivity index (χ3n) is 2.56. The summed E-state index contributed by atoms with van der Waals surface area (Å²) in [7, 11) is 0.